The Hall–Kier alpha value is -1.53. The van der Waals surface area contributed by atoms with Gasteiger partial charge in [-0.15, -0.1) is 0 Å². The molecule has 0 fully saturated rings. The van der Waals surface area contributed by atoms with Gasteiger partial charge in [-0.1, -0.05) is 11.6 Å². The van der Waals surface area contributed by atoms with Crippen molar-refractivity contribution in [2.45, 2.75) is 26.4 Å². The average Bonchev–Trinajstić information content (AvgIpc) is 2.50. The molecule has 1 aromatic rings. The summed E-state index contributed by atoms with van der Waals surface area (Å²) < 4.78 is 10.9. The quantitative estimate of drug-likeness (QED) is 0.434. The molecule has 0 aliphatic heterocycles. The lowest BCUT2D eigenvalue weighted by Crippen LogP contribution is -2.40. The van der Waals surface area contributed by atoms with Crippen molar-refractivity contribution >= 4 is 17.6 Å². The van der Waals surface area contributed by atoms with Gasteiger partial charge >= 0.3 is 0 Å². The van der Waals surface area contributed by atoms with E-state index in [1.807, 2.05) is 20.8 Å². The number of hydrogen-bond acceptors (Lipinski definition) is 4. The Morgan fingerprint density at radius 3 is 2.82 bits per heavy atom. The summed E-state index contributed by atoms with van der Waals surface area (Å²) in [5, 5.41) is 6.87. The first kappa shape index (κ1) is 18.5. The number of rotatable bonds is 8. The Kier molecular flexibility index (Phi) is 7.98. The lowest BCUT2D eigenvalue weighted by molar-refractivity contribution is 0.0310. The predicted octanol–water partition coefficient (Wildman–Crippen LogP) is 2.09. The third-order valence-corrected chi connectivity index (χ3v) is 3.16. The number of hydrogen-bond donors (Lipinski definition) is 2. The third kappa shape index (κ3) is 6.95. The van der Waals surface area contributed by atoms with E-state index in [9.17, 15) is 0 Å². The Bertz CT molecular complexity index is 480. The van der Waals surface area contributed by atoms with Gasteiger partial charge in [-0.2, -0.15) is 0 Å². The molecule has 6 nitrogen and oxygen atoms in total. The van der Waals surface area contributed by atoms with Crippen LogP contribution in [0, 0.1) is 0 Å². The van der Waals surface area contributed by atoms with Crippen molar-refractivity contribution in [1.82, 2.24) is 15.6 Å². The van der Waals surface area contributed by atoms with Gasteiger partial charge < -0.3 is 20.1 Å². The largest absolute Gasteiger partial charge is 0.475 e. The fourth-order valence-electron chi connectivity index (χ4n) is 1.47. The molecule has 0 radical (unpaired) electrons. The van der Waals surface area contributed by atoms with Gasteiger partial charge in [-0.05, 0) is 32.9 Å². The zero-order valence-electron chi connectivity index (χ0n) is 13.6. The van der Waals surface area contributed by atoms with Gasteiger partial charge in [-0.25, -0.2) is 4.98 Å². The number of aromatic nitrogens is 1. The van der Waals surface area contributed by atoms with Crippen LogP contribution in [0.4, 0.5) is 0 Å². The summed E-state index contributed by atoms with van der Waals surface area (Å²) in [5.41, 5.74) is -0.291. The minimum atomic E-state index is -0.291. The maximum Gasteiger partial charge on any atom is 0.232 e. The molecular formula is C15H25ClN4O2. The maximum atomic E-state index is 5.97. The molecule has 0 bridgehead atoms. The first-order valence-electron chi connectivity index (χ1n) is 7.29. The third-order valence-electron chi connectivity index (χ3n) is 2.87. The van der Waals surface area contributed by atoms with Crippen LogP contribution >= 0.6 is 11.6 Å². The normalized spacial score (nSPS) is 12.1. The number of nitrogens with one attached hydrogen (secondary N) is 2. The van der Waals surface area contributed by atoms with E-state index in [-0.39, 0.29) is 5.60 Å². The van der Waals surface area contributed by atoms with Crippen LogP contribution < -0.4 is 15.4 Å². The predicted molar refractivity (Wildman–Crippen MR) is 89.8 cm³/mol. The fourth-order valence-corrected chi connectivity index (χ4v) is 1.65. The summed E-state index contributed by atoms with van der Waals surface area (Å²) in [7, 11) is 1.68. The summed E-state index contributed by atoms with van der Waals surface area (Å²) in [5.74, 6) is 1.16. The van der Waals surface area contributed by atoms with Crippen LogP contribution in [0.5, 0.6) is 5.88 Å². The standard InChI is InChI=1S/C15H25ClN4O2/c1-5-17-14(20-11-15(2,3)21-4)19-9-10-22-13-12(16)7-6-8-18-13/h6-8H,5,9-11H2,1-4H3,(H2,17,19,20). The maximum absolute atomic E-state index is 5.97. The minimum Gasteiger partial charge on any atom is -0.475 e. The summed E-state index contributed by atoms with van der Waals surface area (Å²) >= 11 is 5.97. The van der Waals surface area contributed by atoms with Crippen LogP contribution in [0.2, 0.25) is 5.02 Å². The number of pyridine rings is 1. The van der Waals surface area contributed by atoms with Crippen LogP contribution in [0.3, 0.4) is 0 Å². The summed E-state index contributed by atoms with van der Waals surface area (Å²) in [6, 6.07) is 3.51. The van der Waals surface area contributed by atoms with E-state index >= 15 is 0 Å². The molecule has 124 valence electrons. The second-order valence-electron chi connectivity index (χ2n) is 5.22. The second kappa shape index (κ2) is 9.48. The zero-order chi connectivity index (χ0) is 16.4. The van der Waals surface area contributed by atoms with E-state index in [2.05, 4.69) is 20.6 Å². The first-order valence-corrected chi connectivity index (χ1v) is 7.67. The zero-order valence-corrected chi connectivity index (χ0v) is 14.4. The van der Waals surface area contributed by atoms with Crippen molar-refractivity contribution in [3.05, 3.63) is 23.4 Å². The lowest BCUT2D eigenvalue weighted by atomic mass is 10.1. The van der Waals surface area contributed by atoms with Crippen molar-refractivity contribution < 1.29 is 9.47 Å². The minimum absolute atomic E-state index is 0.291. The van der Waals surface area contributed by atoms with Gasteiger partial charge in [0, 0.05) is 19.9 Å². The number of aliphatic imine (C=N–C) groups is 1. The van der Waals surface area contributed by atoms with Gasteiger partial charge in [0.05, 0.1) is 18.7 Å². The Labute approximate surface area is 137 Å². The number of halogens is 1. The number of nitrogens with zero attached hydrogens (tertiary/aromatic N) is 2. The number of methoxy groups -OCH3 is 1. The van der Waals surface area contributed by atoms with Gasteiger partial charge in [0.1, 0.15) is 11.6 Å². The highest BCUT2D eigenvalue weighted by Gasteiger charge is 2.15. The molecule has 0 aliphatic rings. The highest BCUT2D eigenvalue weighted by molar-refractivity contribution is 6.31. The molecule has 0 unspecified atom stereocenters. The van der Waals surface area contributed by atoms with Crippen molar-refractivity contribution in [3.63, 3.8) is 0 Å². The lowest BCUT2D eigenvalue weighted by Gasteiger charge is -2.21. The fraction of sp³-hybridized carbons (Fsp3) is 0.600. The van der Waals surface area contributed by atoms with Gasteiger partial charge in [-0.3, -0.25) is 4.99 Å². The first-order chi connectivity index (χ1) is 10.5. The number of guanidine groups is 1. The van der Waals surface area contributed by atoms with Gasteiger partial charge in [0.2, 0.25) is 5.88 Å². The highest BCUT2D eigenvalue weighted by Crippen LogP contribution is 2.19. The Balaban J connectivity index is 2.41. The van der Waals surface area contributed by atoms with Crippen molar-refractivity contribution in [3.8, 4) is 5.88 Å². The SMILES string of the molecule is CCNC(=NCC(C)(C)OC)NCCOc1ncccc1Cl. The summed E-state index contributed by atoms with van der Waals surface area (Å²) in [6.07, 6.45) is 1.65. The van der Waals surface area contributed by atoms with Gasteiger partial charge in [0.15, 0.2) is 5.96 Å². The molecular weight excluding hydrogens is 304 g/mol. The smallest absolute Gasteiger partial charge is 0.232 e. The molecule has 1 rings (SSSR count). The molecule has 2 N–H and O–H groups in total. The molecule has 7 heteroatoms. The van der Waals surface area contributed by atoms with Crippen molar-refractivity contribution in [2.24, 2.45) is 4.99 Å². The molecule has 0 amide bonds. The van der Waals surface area contributed by atoms with Crippen LogP contribution in [-0.2, 0) is 4.74 Å². The van der Waals surface area contributed by atoms with Crippen molar-refractivity contribution in [2.75, 3.05) is 33.4 Å². The summed E-state index contributed by atoms with van der Waals surface area (Å²) in [6.45, 7) is 8.38. The van der Waals surface area contributed by atoms with Crippen molar-refractivity contribution in [1.29, 1.82) is 0 Å². The monoisotopic (exact) mass is 328 g/mol. The molecule has 0 aliphatic carbocycles. The molecule has 1 heterocycles. The summed E-state index contributed by atoms with van der Waals surface area (Å²) in [4.78, 5) is 8.56. The molecule has 0 atom stereocenters. The highest BCUT2D eigenvalue weighted by atomic mass is 35.5. The van der Waals surface area contributed by atoms with E-state index in [0.29, 0.717) is 30.6 Å². The van der Waals surface area contributed by atoms with Crippen LogP contribution in [-0.4, -0.2) is 49.9 Å². The van der Waals surface area contributed by atoms with E-state index < -0.39 is 0 Å². The van der Waals surface area contributed by atoms with Crippen LogP contribution in [0.15, 0.2) is 23.3 Å². The van der Waals surface area contributed by atoms with E-state index in [1.54, 1.807) is 25.4 Å². The average molecular weight is 329 g/mol. The van der Waals surface area contributed by atoms with E-state index in [0.717, 1.165) is 12.5 Å². The van der Waals surface area contributed by atoms with Crippen LogP contribution in [0.25, 0.3) is 0 Å². The molecule has 0 saturated carbocycles. The molecule has 0 spiro atoms. The Morgan fingerprint density at radius 1 is 1.41 bits per heavy atom. The molecule has 22 heavy (non-hydrogen) atoms. The topological polar surface area (TPSA) is 67.8 Å². The molecule has 1 aromatic heterocycles. The van der Waals surface area contributed by atoms with E-state index in [1.165, 1.54) is 0 Å². The molecule has 0 saturated heterocycles. The Morgan fingerprint density at radius 2 is 2.18 bits per heavy atom. The molecule has 0 aromatic carbocycles. The van der Waals surface area contributed by atoms with E-state index in [4.69, 9.17) is 21.1 Å². The second-order valence-corrected chi connectivity index (χ2v) is 5.63. The van der Waals surface area contributed by atoms with Gasteiger partial charge in [0.25, 0.3) is 0 Å². The van der Waals surface area contributed by atoms with Crippen LogP contribution in [0.1, 0.15) is 20.8 Å². The number of ether oxygens (including phenoxy) is 2.